The van der Waals surface area contributed by atoms with Crippen LogP contribution in [0, 0.1) is 0 Å². The minimum absolute atomic E-state index is 0.00565. The number of hydrogen-bond acceptors (Lipinski definition) is 10. The molecule has 414 valence electrons. The third-order valence-corrected chi connectivity index (χ3v) is 14.4. The number of hydrogen-bond donors (Lipinski definition) is 6. The van der Waals surface area contributed by atoms with E-state index in [2.05, 4.69) is 19.2 Å². The fourth-order valence-electron chi connectivity index (χ4n) is 9.61. The van der Waals surface area contributed by atoms with Crippen LogP contribution in [0.4, 0.5) is 0 Å². The zero-order valence-electron chi connectivity index (χ0n) is 45.5. The van der Waals surface area contributed by atoms with Crippen molar-refractivity contribution in [2.24, 2.45) is 0 Å². The molecule has 1 amide bonds. The summed E-state index contributed by atoms with van der Waals surface area (Å²) in [7, 11) is 0. The van der Waals surface area contributed by atoms with Crippen molar-refractivity contribution in [1.82, 2.24) is 5.32 Å². The van der Waals surface area contributed by atoms with Crippen molar-refractivity contribution in [2.75, 3.05) is 19.8 Å². The van der Waals surface area contributed by atoms with Crippen molar-refractivity contribution in [3.63, 3.8) is 0 Å². The predicted octanol–water partition coefficient (Wildman–Crippen LogP) is 13.6. The highest BCUT2D eigenvalue weighted by molar-refractivity contribution is 5.76. The fraction of sp³-hybridized carbons (Fsp3) is 0.932. The molecule has 0 aromatic heterocycles. The van der Waals surface area contributed by atoms with E-state index in [-0.39, 0.29) is 18.5 Å². The minimum Gasteiger partial charge on any atom is -0.466 e. The molecule has 1 fully saturated rings. The SMILES string of the molecule is CCCCCCCCCCCC/C=C/C(O)C(COC1OC(CO)C(O)C(O)C1O)NC(=O)CCCCCCCCCCCCCCCCCCCCCOC(=O)CCCCCCCCCCCCC. The molecule has 0 aromatic rings. The lowest BCUT2D eigenvalue weighted by Crippen LogP contribution is -2.60. The molecule has 0 bridgehead atoms. The number of esters is 1. The number of aliphatic hydroxyl groups is 5. The Morgan fingerprint density at radius 1 is 0.514 bits per heavy atom. The molecule has 0 saturated carbocycles. The summed E-state index contributed by atoms with van der Waals surface area (Å²) in [6.07, 6.45) is 47.2. The van der Waals surface area contributed by atoms with E-state index >= 15 is 0 Å². The molecule has 0 aliphatic carbocycles. The first-order chi connectivity index (χ1) is 34.2. The molecule has 11 heteroatoms. The molecule has 1 heterocycles. The molecule has 0 radical (unpaired) electrons. The molecule has 7 unspecified atom stereocenters. The van der Waals surface area contributed by atoms with E-state index in [1.165, 1.54) is 199 Å². The third kappa shape index (κ3) is 38.9. The molecule has 0 spiro atoms. The molecule has 70 heavy (non-hydrogen) atoms. The quantitative estimate of drug-likeness (QED) is 0.0195. The number of nitrogens with one attached hydrogen (secondary N) is 1. The number of rotatable bonds is 52. The van der Waals surface area contributed by atoms with Crippen LogP contribution in [0.5, 0.6) is 0 Å². The van der Waals surface area contributed by atoms with Crippen molar-refractivity contribution in [2.45, 2.75) is 333 Å². The van der Waals surface area contributed by atoms with Gasteiger partial charge in [-0.1, -0.05) is 257 Å². The summed E-state index contributed by atoms with van der Waals surface area (Å²) in [5.74, 6) is -0.189. The molecule has 1 aliphatic heterocycles. The number of carbonyl (C=O) groups excluding carboxylic acids is 2. The van der Waals surface area contributed by atoms with Gasteiger partial charge in [-0.25, -0.2) is 0 Å². The Labute approximate surface area is 429 Å². The van der Waals surface area contributed by atoms with Crippen LogP contribution in [0.15, 0.2) is 12.2 Å². The van der Waals surface area contributed by atoms with Gasteiger partial charge in [0.1, 0.15) is 24.4 Å². The summed E-state index contributed by atoms with van der Waals surface area (Å²) >= 11 is 0. The minimum atomic E-state index is -1.57. The molecule has 11 nitrogen and oxygen atoms in total. The van der Waals surface area contributed by atoms with Crippen LogP contribution in [-0.2, 0) is 23.8 Å². The monoisotopic (exact) mass is 996 g/mol. The van der Waals surface area contributed by atoms with E-state index in [4.69, 9.17) is 14.2 Å². The van der Waals surface area contributed by atoms with Gasteiger partial charge in [-0.05, 0) is 32.1 Å². The van der Waals surface area contributed by atoms with Crippen molar-refractivity contribution in [3.8, 4) is 0 Å². The summed E-state index contributed by atoms with van der Waals surface area (Å²) in [5.41, 5.74) is 0. The van der Waals surface area contributed by atoms with E-state index < -0.39 is 49.5 Å². The first-order valence-corrected chi connectivity index (χ1v) is 30.0. The summed E-state index contributed by atoms with van der Waals surface area (Å²) in [5, 5.41) is 54.3. The van der Waals surface area contributed by atoms with Crippen LogP contribution >= 0.6 is 0 Å². The topological polar surface area (TPSA) is 175 Å². The van der Waals surface area contributed by atoms with Crippen LogP contribution in [0.25, 0.3) is 0 Å². The van der Waals surface area contributed by atoms with Crippen molar-refractivity contribution < 1.29 is 49.3 Å². The van der Waals surface area contributed by atoms with Gasteiger partial charge in [0.05, 0.1) is 32.0 Å². The molecule has 0 aromatic carbocycles. The van der Waals surface area contributed by atoms with Crippen LogP contribution in [-0.4, -0.2) is 100 Å². The lowest BCUT2D eigenvalue weighted by atomic mass is 9.99. The molecular formula is C59H113NO10. The Balaban J connectivity index is 2.07. The number of aliphatic hydroxyl groups excluding tert-OH is 5. The summed E-state index contributed by atoms with van der Waals surface area (Å²) in [6, 6.07) is -0.810. The number of carbonyl (C=O) groups is 2. The average molecular weight is 997 g/mol. The van der Waals surface area contributed by atoms with Crippen molar-refractivity contribution in [3.05, 3.63) is 12.2 Å². The van der Waals surface area contributed by atoms with Gasteiger partial charge in [0.15, 0.2) is 6.29 Å². The Morgan fingerprint density at radius 2 is 0.900 bits per heavy atom. The summed E-state index contributed by atoms with van der Waals surface area (Å²) in [4.78, 5) is 25.0. The summed E-state index contributed by atoms with van der Waals surface area (Å²) < 4.78 is 16.7. The molecule has 1 aliphatic rings. The van der Waals surface area contributed by atoms with Gasteiger partial charge in [0, 0.05) is 12.8 Å². The number of unbranched alkanes of at least 4 members (excludes halogenated alkanes) is 38. The highest BCUT2D eigenvalue weighted by atomic mass is 16.7. The Bertz CT molecular complexity index is 1170. The molecule has 1 saturated heterocycles. The average Bonchev–Trinajstić information content (AvgIpc) is 3.36. The van der Waals surface area contributed by atoms with Crippen LogP contribution in [0.3, 0.4) is 0 Å². The molecular weight excluding hydrogens is 883 g/mol. The van der Waals surface area contributed by atoms with Gasteiger partial charge >= 0.3 is 5.97 Å². The van der Waals surface area contributed by atoms with Gasteiger partial charge in [-0.15, -0.1) is 0 Å². The molecule has 1 rings (SSSR count). The standard InChI is InChI=1S/C59H113NO10/c1-3-5-7-9-11-13-15-26-29-33-37-41-45-52(62)51(50-69-59-58(67)57(66)56(65)53(49-61)70-59)60-54(63)46-42-38-34-30-27-23-21-19-17-16-18-20-22-24-28-32-36-40-44-48-68-55(64)47-43-39-35-31-25-14-12-10-8-6-4-2/h41,45,51-53,56-59,61-62,65-67H,3-40,42-44,46-50H2,1-2H3,(H,60,63)/b45-41+. The third-order valence-electron chi connectivity index (χ3n) is 14.4. The Kier molecular flexibility index (Phi) is 47.1. The smallest absolute Gasteiger partial charge is 0.305 e. The molecule has 6 N–H and O–H groups in total. The van der Waals surface area contributed by atoms with E-state index in [0.29, 0.717) is 19.4 Å². The first-order valence-electron chi connectivity index (χ1n) is 30.0. The van der Waals surface area contributed by atoms with Gasteiger partial charge in [-0.2, -0.15) is 0 Å². The highest BCUT2D eigenvalue weighted by Crippen LogP contribution is 2.23. The van der Waals surface area contributed by atoms with E-state index in [1.807, 2.05) is 6.08 Å². The van der Waals surface area contributed by atoms with Gasteiger partial charge < -0.3 is 45.1 Å². The molecule has 7 atom stereocenters. The zero-order chi connectivity index (χ0) is 51.0. The largest absolute Gasteiger partial charge is 0.466 e. The van der Waals surface area contributed by atoms with E-state index in [1.54, 1.807) is 6.08 Å². The maximum Gasteiger partial charge on any atom is 0.305 e. The lowest BCUT2D eigenvalue weighted by Gasteiger charge is -2.40. The maximum atomic E-state index is 13.0. The van der Waals surface area contributed by atoms with Gasteiger partial charge in [-0.3, -0.25) is 9.59 Å². The van der Waals surface area contributed by atoms with Crippen LogP contribution in [0.2, 0.25) is 0 Å². The zero-order valence-corrected chi connectivity index (χ0v) is 45.5. The van der Waals surface area contributed by atoms with E-state index in [9.17, 15) is 35.1 Å². The fourth-order valence-corrected chi connectivity index (χ4v) is 9.61. The lowest BCUT2D eigenvalue weighted by molar-refractivity contribution is -0.302. The van der Waals surface area contributed by atoms with Gasteiger partial charge in [0.2, 0.25) is 5.91 Å². The second-order valence-electron chi connectivity index (χ2n) is 21.1. The number of allylic oxidation sites excluding steroid dienone is 1. The van der Waals surface area contributed by atoms with Gasteiger partial charge in [0.25, 0.3) is 0 Å². The maximum absolute atomic E-state index is 13.0. The second-order valence-corrected chi connectivity index (χ2v) is 21.1. The Hall–Kier alpha value is -1.60. The van der Waals surface area contributed by atoms with Crippen molar-refractivity contribution in [1.29, 1.82) is 0 Å². The van der Waals surface area contributed by atoms with Crippen LogP contribution in [0.1, 0.15) is 290 Å². The van der Waals surface area contributed by atoms with Crippen molar-refractivity contribution >= 4 is 11.9 Å². The summed E-state index contributed by atoms with van der Waals surface area (Å²) in [6.45, 7) is 4.34. The van der Waals surface area contributed by atoms with Crippen LogP contribution < -0.4 is 5.32 Å². The number of amides is 1. The second kappa shape index (κ2) is 49.6. The normalized spacial score (nSPS) is 19.2. The first kappa shape index (κ1) is 66.4. The number of ether oxygens (including phenoxy) is 3. The predicted molar refractivity (Wildman–Crippen MR) is 288 cm³/mol. The van der Waals surface area contributed by atoms with E-state index in [0.717, 1.165) is 64.2 Å². The highest BCUT2D eigenvalue weighted by Gasteiger charge is 2.44. The Morgan fingerprint density at radius 3 is 1.33 bits per heavy atom.